The van der Waals surface area contributed by atoms with E-state index in [9.17, 15) is 14.7 Å². The summed E-state index contributed by atoms with van der Waals surface area (Å²) in [6.07, 6.45) is 3.48. The van der Waals surface area contributed by atoms with Crippen LogP contribution >= 0.6 is 0 Å². The predicted octanol–water partition coefficient (Wildman–Crippen LogP) is 2.72. The molecule has 0 saturated carbocycles. The number of aromatic nitrogens is 1. The normalized spacial score (nSPS) is 13.7. The average Bonchev–Trinajstić information content (AvgIpc) is 2.93. The van der Waals surface area contributed by atoms with Crippen molar-refractivity contribution in [1.29, 1.82) is 0 Å². The Morgan fingerprint density at radius 2 is 2.05 bits per heavy atom. The third-order valence-corrected chi connectivity index (χ3v) is 4.09. The molecule has 2 unspecified atom stereocenters. The summed E-state index contributed by atoms with van der Waals surface area (Å²) in [5.74, 6) is -1.29. The third-order valence-electron chi connectivity index (χ3n) is 4.09. The molecule has 5 nitrogen and oxygen atoms in total. The predicted molar refractivity (Wildman–Crippen MR) is 85.6 cm³/mol. The van der Waals surface area contributed by atoms with Gasteiger partial charge in [-0.2, -0.15) is 0 Å². The second-order valence-electron chi connectivity index (χ2n) is 5.63. The number of H-pyrrole nitrogens is 1. The van der Waals surface area contributed by atoms with Crippen molar-refractivity contribution in [3.63, 3.8) is 0 Å². The van der Waals surface area contributed by atoms with E-state index in [4.69, 9.17) is 0 Å². The van der Waals surface area contributed by atoms with Gasteiger partial charge in [-0.1, -0.05) is 38.5 Å². The van der Waals surface area contributed by atoms with Crippen LogP contribution in [-0.2, 0) is 16.0 Å². The van der Waals surface area contributed by atoms with Gasteiger partial charge >= 0.3 is 5.97 Å². The molecule has 1 aromatic heterocycles. The maximum absolute atomic E-state index is 12.0. The van der Waals surface area contributed by atoms with Crippen LogP contribution in [0, 0.1) is 5.92 Å². The smallest absolute Gasteiger partial charge is 0.326 e. The Bertz CT molecular complexity index is 663. The highest BCUT2D eigenvalue weighted by molar-refractivity contribution is 5.86. The maximum atomic E-state index is 12.0. The number of amides is 1. The molecule has 0 aliphatic rings. The number of carboxylic acids is 1. The van der Waals surface area contributed by atoms with Crippen molar-refractivity contribution in [2.45, 2.75) is 39.2 Å². The fourth-order valence-corrected chi connectivity index (χ4v) is 2.52. The summed E-state index contributed by atoms with van der Waals surface area (Å²) in [4.78, 5) is 26.4. The van der Waals surface area contributed by atoms with Crippen LogP contribution in [0.15, 0.2) is 30.5 Å². The number of carboxylic acid groups (broad SMARTS) is 1. The van der Waals surface area contributed by atoms with Crippen LogP contribution in [0.1, 0.15) is 32.3 Å². The van der Waals surface area contributed by atoms with Crippen LogP contribution in [0.25, 0.3) is 10.9 Å². The van der Waals surface area contributed by atoms with Gasteiger partial charge in [0.25, 0.3) is 0 Å². The average molecular weight is 302 g/mol. The number of carbonyl (C=O) groups is 2. The SMILES string of the molecule is CCC(C)C(NC(=O)CCc1c[nH]c2ccccc12)C(=O)O. The van der Waals surface area contributed by atoms with E-state index in [1.165, 1.54) is 0 Å². The first-order valence-electron chi connectivity index (χ1n) is 7.60. The van der Waals surface area contributed by atoms with Crippen LogP contribution < -0.4 is 5.32 Å². The second-order valence-corrected chi connectivity index (χ2v) is 5.63. The standard InChI is InChI=1S/C17H22N2O3/c1-3-11(2)16(17(21)22)19-15(20)9-8-12-10-18-14-7-5-4-6-13(12)14/h4-7,10-11,16,18H,3,8-9H2,1-2H3,(H,19,20)(H,21,22). The largest absolute Gasteiger partial charge is 0.480 e. The number of aliphatic carboxylic acids is 1. The molecule has 5 heteroatoms. The Morgan fingerprint density at radius 1 is 1.32 bits per heavy atom. The van der Waals surface area contributed by atoms with Gasteiger partial charge in [0.15, 0.2) is 0 Å². The first kappa shape index (κ1) is 16.1. The lowest BCUT2D eigenvalue weighted by atomic mass is 9.99. The lowest BCUT2D eigenvalue weighted by Crippen LogP contribution is -2.45. The Balaban J connectivity index is 1.96. The van der Waals surface area contributed by atoms with Crippen molar-refractivity contribution in [1.82, 2.24) is 10.3 Å². The molecule has 0 saturated heterocycles. The van der Waals surface area contributed by atoms with E-state index in [-0.39, 0.29) is 18.2 Å². The number of fused-ring (bicyclic) bond motifs is 1. The molecule has 0 spiro atoms. The summed E-state index contributed by atoms with van der Waals surface area (Å²) < 4.78 is 0. The van der Waals surface area contributed by atoms with Crippen LogP contribution in [0.2, 0.25) is 0 Å². The minimum absolute atomic E-state index is 0.0884. The molecule has 118 valence electrons. The van der Waals surface area contributed by atoms with Crippen molar-refractivity contribution < 1.29 is 14.7 Å². The third kappa shape index (κ3) is 3.67. The lowest BCUT2D eigenvalue weighted by Gasteiger charge is -2.20. The molecule has 1 aromatic carbocycles. The Morgan fingerprint density at radius 3 is 2.73 bits per heavy atom. The quantitative estimate of drug-likeness (QED) is 0.735. The number of aryl methyl sites for hydroxylation is 1. The first-order chi connectivity index (χ1) is 10.5. The summed E-state index contributed by atoms with van der Waals surface area (Å²) in [6.45, 7) is 3.75. The molecule has 2 aromatic rings. The van der Waals surface area contributed by atoms with Crippen LogP contribution in [0.4, 0.5) is 0 Å². The summed E-state index contributed by atoms with van der Waals surface area (Å²) >= 11 is 0. The summed E-state index contributed by atoms with van der Waals surface area (Å²) in [5.41, 5.74) is 2.11. The zero-order valence-electron chi connectivity index (χ0n) is 12.9. The van der Waals surface area contributed by atoms with Gasteiger partial charge in [0.1, 0.15) is 6.04 Å². The number of nitrogens with one attached hydrogen (secondary N) is 2. The molecule has 0 radical (unpaired) electrons. The zero-order valence-corrected chi connectivity index (χ0v) is 12.9. The van der Waals surface area contributed by atoms with Crippen molar-refractivity contribution in [2.24, 2.45) is 5.92 Å². The Labute approximate surface area is 129 Å². The van der Waals surface area contributed by atoms with Gasteiger partial charge in [-0.25, -0.2) is 4.79 Å². The van der Waals surface area contributed by atoms with Crippen molar-refractivity contribution in [2.75, 3.05) is 0 Å². The summed E-state index contributed by atoms with van der Waals surface area (Å²) in [5, 5.41) is 12.9. The second kappa shape index (κ2) is 7.11. The van der Waals surface area contributed by atoms with E-state index in [1.807, 2.05) is 44.3 Å². The highest BCUT2D eigenvalue weighted by atomic mass is 16.4. The molecule has 2 rings (SSSR count). The summed E-state index contributed by atoms with van der Waals surface area (Å²) in [7, 11) is 0. The van der Waals surface area contributed by atoms with Gasteiger partial charge in [-0.05, 0) is 24.0 Å². The van der Waals surface area contributed by atoms with Crippen LogP contribution in [0.5, 0.6) is 0 Å². The molecule has 0 fully saturated rings. The van der Waals surface area contributed by atoms with Gasteiger partial charge < -0.3 is 15.4 Å². The van der Waals surface area contributed by atoms with Crippen molar-refractivity contribution in [3.8, 4) is 0 Å². The molecular weight excluding hydrogens is 280 g/mol. The molecule has 3 N–H and O–H groups in total. The molecule has 0 aliphatic heterocycles. The first-order valence-corrected chi connectivity index (χ1v) is 7.60. The highest BCUT2D eigenvalue weighted by Gasteiger charge is 2.25. The maximum Gasteiger partial charge on any atom is 0.326 e. The van der Waals surface area contributed by atoms with Crippen molar-refractivity contribution in [3.05, 3.63) is 36.0 Å². The lowest BCUT2D eigenvalue weighted by molar-refractivity contribution is -0.143. The van der Waals surface area contributed by atoms with Gasteiger partial charge in [0, 0.05) is 23.5 Å². The molecule has 0 aliphatic carbocycles. The fourth-order valence-electron chi connectivity index (χ4n) is 2.52. The van der Waals surface area contributed by atoms with E-state index >= 15 is 0 Å². The van der Waals surface area contributed by atoms with E-state index in [0.29, 0.717) is 12.8 Å². The number of hydrogen-bond acceptors (Lipinski definition) is 2. The Hall–Kier alpha value is -2.30. The van der Waals surface area contributed by atoms with Gasteiger partial charge in [0.05, 0.1) is 0 Å². The van der Waals surface area contributed by atoms with Gasteiger partial charge in [0.2, 0.25) is 5.91 Å². The van der Waals surface area contributed by atoms with Crippen LogP contribution in [-0.4, -0.2) is 28.0 Å². The van der Waals surface area contributed by atoms with E-state index in [1.54, 1.807) is 0 Å². The number of benzene rings is 1. The number of aromatic amines is 1. The number of para-hydroxylation sites is 1. The van der Waals surface area contributed by atoms with E-state index < -0.39 is 12.0 Å². The molecule has 1 heterocycles. The molecule has 22 heavy (non-hydrogen) atoms. The highest BCUT2D eigenvalue weighted by Crippen LogP contribution is 2.19. The van der Waals surface area contributed by atoms with Crippen molar-refractivity contribution >= 4 is 22.8 Å². The minimum atomic E-state index is -0.977. The number of rotatable bonds is 7. The zero-order chi connectivity index (χ0) is 16.1. The topological polar surface area (TPSA) is 82.2 Å². The molecule has 2 atom stereocenters. The monoisotopic (exact) mass is 302 g/mol. The molecular formula is C17H22N2O3. The van der Waals surface area contributed by atoms with Crippen LogP contribution in [0.3, 0.4) is 0 Å². The van der Waals surface area contributed by atoms with E-state index in [2.05, 4.69) is 10.3 Å². The van der Waals surface area contributed by atoms with E-state index in [0.717, 1.165) is 16.5 Å². The van der Waals surface area contributed by atoms with Gasteiger partial charge in [-0.3, -0.25) is 4.79 Å². The van der Waals surface area contributed by atoms with Gasteiger partial charge in [-0.15, -0.1) is 0 Å². The summed E-state index contributed by atoms with van der Waals surface area (Å²) in [6, 6.07) is 7.10. The molecule has 0 bridgehead atoms. The Kier molecular flexibility index (Phi) is 5.20. The number of hydrogen-bond donors (Lipinski definition) is 3. The minimum Gasteiger partial charge on any atom is -0.480 e. The fraction of sp³-hybridized carbons (Fsp3) is 0.412. The molecule has 1 amide bonds. The number of carbonyl (C=O) groups excluding carboxylic acids is 1.